The van der Waals surface area contributed by atoms with E-state index >= 15 is 0 Å². The Morgan fingerprint density at radius 1 is 1.04 bits per heavy atom. The van der Waals surface area contributed by atoms with Crippen molar-refractivity contribution in [2.24, 2.45) is 0 Å². The second kappa shape index (κ2) is 8.02. The van der Waals surface area contributed by atoms with Gasteiger partial charge in [-0.15, -0.1) is 0 Å². The van der Waals surface area contributed by atoms with E-state index in [1.165, 1.54) is 0 Å². The number of hydrogen-bond donors (Lipinski definition) is 2. The van der Waals surface area contributed by atoms with Crippen LogP contribution < -0.4 is 10.6 Å². The second-order valence-corrected chi connectivity index (χ2v) is 8.20. The molecule has 0 aliphatic heterocycles. The predicted molar refractivity (Wildman–Crippen MR) is 105 cm³/mol. The largest absolute Gasteiger partial charge is 0.359 e. The van der Waals surface area contributed by atoms with Crippen LogP contribution in [-0.2, 0) is 5.41 Å². The molecule has 0 saturated heterocycles. The van der Waals surface area contributed by atoms with Crippen molar-refractivity contribution in [2.45, 2.75) is 36.0 Å². The minimum atomic E-state index is -0.754. The van der Waals surface area contributed by atoms with Gasteiger partial charge in [0.25, 0.3) is 0 Å². The van der Waals surface area contributed by atoms with Crippen molar-refractivity contribution in [3.05, 3.63) is 65.9 Å². The van der Waals surface area contributed by atoms with Gasteiger partial charge in [0.15, 0.2) is 5.82 Å². The number of anilines is 2. The number of hydrogen-bond acceptors (Lipinski definition) is 4. The molecule has 0 bridgehead atoms. The van der Waals surface area contributed by atoms with Crippen LogP contribution in [0.4, 0.5) is 25.1 Å². The number of rotatable bonds is 4. The number of nitrogens with one attached hydrogen (secondary N) is 2. The predicted octanol–water partition coefficient (Wildman–Crippen LogP) is 6.05. The fourth-order valence-electron chi connectivity index (χ4n) is 2.28. The van der Waals surface area contributed by atoms with Crippen molar-refractivity contribution in [2.75, 3.05) is 10.6 Å². The number of amides is 2. The van der Waals surface area contributed by atoms with Crippen molar-refractivity contribution in [3.8, 4) is 0 Å². The number of nitrogens with zero attached hydrogens (tertiary/aromatic N) is 1. The van der Waals surface area contributed by atoms with Gasteiger partial charge in [-0.1, -0.05) is 55.9 Å². The number of benzene rings is 2. The summed E-state index contributed by atoms with van der Waals surface area (Å²) in [5, 5.41) is 8.46. The molecule has 2 aromatic carbocycles. The standard InChI is InChI=1S/C20H19F2N3O2S/c1-20(2,3)17-11-18(25-27-17)24-19(26)23-15-9-14(22)16(10-13(15)21)28-12-7-5-4-6-8-12/h4-11H,1-3H3,(H2,23,24,25,26). The molecule has 0 unspecified atom stereocenters. The Balaban J connectivity index is 1.69. The van der Waals surface area contributed by atoms with E-state index < -0.39 is 17.7 Å². The number of halogens is 2. The highest BCUT2D eigenvalue weighted by atomic mass is 32.2. The molecule has 1 aromatic heterocycles. The zero-order valence-electron chi connectivity index (χ0n) is 15.5. The molecule has 0 atom stereocenters. The Hall–Kier alpha value is -2.87. The maximum absolute atomic E-state index is 14.3. The van der Waals surface area contributed by atoms with E-state index in [-0.39, 0.29) is 21.8 Å². The SMILES string of the molecule is CC(C)(C)c1cc(NC(=O)Nc2cc(F)c(Sc3ccccc3)cc2F)no1. The molecular weight excluding hydrogens is 384 g/mol. The average molecular weight is 403 g/mol. The summed E-state index contributed by atoms with van der Waals surface area (Å²) in [6.45, 7) is 5.81. The van der Waals surface area contributed by atoms with Crippen LogP contribution in [-0.4, -0.2) is 11.2 Å². The summed E-state index contributed by atoms with van der Waals surface area (Å²) in [6, 6.07) is 11.9. The molecule has 0 aliphatic carbocycles. The first-order chi connectivity index (χ1) is 13.2. The highest BCUT2D eigenvalue weighted by molar-refractivity contribution is 7.99. The van der Waals surface area contributed by atoms with E-state index in [4.69, 9.17) is 4.52 Å². The lowest BCUT2D eigenvalue weighted by Crippen LogP contribution is -2.20. The van der Waals surface area contributed by atoms with E-state index in [0.29, 0.717) is 5.76 Å². The maximum atomic E-state index is 14.3. The summed E-state index contributed by atoms with van der Waals surface area (Å²) in [5.41, 5.74) is -0.544. The van der Waals surface area contributed by atoms with Crippen LogP contribution in [0.5, 0.6) is 0 Å². The molecule has 3 aromatic rings. The van der Waals surface area contributed by atoms with Crippen LogP contribution in [0.2, 0.25) is 0 Å². The molecule has 2 N–H and O–H groups in total. The van der Waals surface area contributed by atoms with Crippen molar-refractivity contribution in [1.29, 1.82) is 0 Å². The smallest absolute Gasteiger partial charge is 0.325 e. The van der Waals surface area contributed by atoms with Crippen molar-refractivity contribution in [1.82, 2.24) is 5.16 Å². The lowest BCUT2D eigenvalue weighted by atomic mass is 9.93. The molecule has 0 saturated carbocycles. The summed E-state index contributed by atoms with van der Waals surface area (Å²) in [7, 11) is 0. The van der Waals surface area contributed by atoms with E-state index in [2.05, 4.69) is 15.8 Å². The topological polar surface area (TPSA) is 67.2 Å². The molecule has 1 heterocycles. The molecule has 2 amide bonds. The summed E-state index contributed by atoms with van der Waals surface area (Å²) in [5.74, 6) is -0.616. The van der Waals surface area contributed by atoms with Crippen LogP contribution >= 0.6 is 11.8 Å². The Labute approximate surface area is 165 Å². The molecular formula is C20H19F2N3O2S. The average Bonchev–Trinajstić information content (AvgIpc) is 3.09. The third kappa shape index (κ3) is 4.89. The maximum Gasteiger partial charge on any atom is 0.325 e. The normalized spacial score (nSPS) is 11.3. The summed E-state index contributed by atoms with van der Waals surface area (Å²) < 4.78 is 33.8. The minimum absolute atomic E-state index is 0.126. The molecule has 5 nitrogen and oxygen atoms in total. The lowest BCUT2D eigenvalue weighted by molar-refractivity contribution is 0.261. The number of carbonyl (C=O) groups excluding carboxylic acids is 1. The van der Waals surface area contributed by atoms with Gasteiger partial charge in [-0.2, -0.15) is 0 Å². The highest BCUT2D eigenvalue weighted by Gasteiger charge is 2.20. The third-order valence-corrected chi connectivity index (χ3v) is 4.77. The zero-order valence-corrected chi connectivity index (χ0v) is 16.4. The molecule has 28 heavy (non-hydrogen) atoms. The van der Waals surface area contributed by atoms with E-state index in [1.54, 1.807) is 18.2 Å². The number of urea groups is 1. The van der Waals surface area contributed by atoms with Crippen molar-refractivity contribution in [3.63, 3.8) is 0 Å². The van der Waals surface area contributed by atoms with Crippen LogP contribution in [0.15, 0.2) is 62.8 Å². The quantitative estimate of drug-likeness (QED) is 0.557. The monoisotopic (exact) mass is 403 g/mol. The van der Waals surface area contributed by atoms with Gasteiger partial charge in [-0.05, 0) is 18.2 Å². The number of carbonyl (C=O) groups is 1. The molecule has 0 fully saturated rings. The molecule has 8 heteroatoms. The Kier molecular flexibility index (Phi) is 5.69. The first-order valence-corrected chi connectivity index (χ1v) is 9.31. The highest BCUT2D eigenvalue weighted by Crippen LogP contribution is 2.32. The molecule has 146 valence electrons. The Morgan fingerprint density at radius 3 is 2.39 bits per heavy atom. The van der Waals surface area contributed by atoms with Gasteiger partial charge in [0.1, 0.15) is 17.4 Å². The van der Waals surface area contributed by atoms with Gasteiger partial charge in [-0.25, -0.2) is 13.6 Å². The molecule has 0 spiro atoms. The molecule has 3 rings (SSSR count). The first-order valence-electron chi connectivity index (χ1n) is 8.49. The van der Waals surface area contributed by atoms with Crippen molar-refractivity contribution >= 4 is 29.3 Å². The first kappa shape index (κ1) is 19.9. The van der Waals surface area contributed by atoms with Crippen LogP contribution in [0.3, 0.4) is 0 Å². The summed E-state index contributed by atoms with van der Waals surface area (Å²) in [6.07, 6.45) is 0. The third-order valence-electron chi connectivity index (χ3n) is 3.73. The van der Waals surface area contributed by atoms with Crippen LogP contribution in [0.25, 0.3) is 0 Å². The fraction of sp³-hybridized carbons (Fsp3) is 0.200. The molecule has 0 aliphatic rings. The van der Waals surface area contributed by atoms with Gasteiger partial charge >= 0.3 is 6.03 Å². The van der Waals surface area contributed by atoms with E-state index in [1.807, 2.05) is 39.0 Å². The van der Waals surface area contributed by atoms with Gasteiger partial charge in [-0.3, -0.25) is 5.32 Å². The molecule has 0 radical (unpaired) electrons. The van der Waals surface area contributed by atoms with Crippen molar-refractivity contribution < 1.29 is 18.1 Å². The van der Waals surface area contributed by atoms with Crippen LogP contribution in [0.1, 0.15) is 26.5 Å². The minimum Gasteiger partial charge on any atom is -0.359 e. The number of aromatic nitrogens is 1. The lowest BCUT2D eigenvalue weighted by Gasteiger charge is -2.12. The van der Waals surface area contributed by atoms with Gasteiger partial charge in [0.2, 0.25) is 0 Å². The Morgan fingerprint density at radius 2 is 1.75 bits per heavy atom. The fourth-order valence-corrected chi connectivity index (χ4v) is 3.14. The van der Waals surface area contributed by atoms with Gasteiger partial charge < -0.3 is 9.84 Å². The van der Waals surface area contributed by atoms with Gasteiger partial charge in [0.05, 0.1) is 10.6 Å². The zero-order chi connectivity index (χ0) is 20.3. The van der Waals surface area contributed by atoms with Gasteiger partial charge in [0, 0.05) is 22.4 Å². The van der Waals surface area contributed by atoms with Crippen LogP contribution in [0, 0.1) is 11.6 Å². The van der Waals surface area contributed by atoms with E-state index in [0.717, 1.165) is 28.8 Å². The summed E-state index contributed by atoms with van der Waals surface area (Å²) in [4.78, 5) is 13.0. The second-order valence-electron chi connectivity index (χ2n) is 7.08. The Bertz CT molecular complexity index is 985. The summed E-state index contributed by atoms with van der Waals surface area (Å²) >= 11 is 1.10. The van der Waals surface area contributed by atoms with E-state index in [9.17, 15) is 13.6 Å².